The van der Waals surface area contributed by atoms with Gasteiger partial charge in [-0.1, -0.05) is 31.5 Å². The van der Waals surface area contributed by atoms with Gasteiger partial charge in [-0.3, -0.25) is 4.79 Å². The van der Waals surface area contributed by atoms with Crippen LogP contribution >= 0.6 is 11.6 Å². The first-order chi connectivity index (χ1) is 11.3. The molecule has 0 unspecified atom stereocenters. The highest BCUT2D eigenvalue weighted by molar-refractivity contribution is 6.32. The van der Waals surface area contributed by atoms with Gasteiger partial charge < -0.3 is 19.9 Å². The molecule has 1 aromatic rings. The van der Waals surface area contributed by atoms with Crippen LogP contribution in [0.5, 0.6) is 5.75 Å². The van der Waals surface area contributed by atoms with Crippen LogP contribution < -0.4 is 10.1 Å². The van der Waals surface area contributed by atoms with Crippen molar-refractivity contribution in [1.29, 1.82) is 0 Å². The molecule has 0 aliphatic rings. The first-order valence-electron chi connectivity index (χ1n) is 7.67. The van der Waals surface area contributed by atoms with Gasteiger partial charge in [-0.15, -0.1) is 0 Å². The van der Waals surface area contributed by atoms with E-state index in [1.54, 1.807) is 18.2 Å². The molecule has 0 aromatic heterocycles. The second-order valence-electron chi connectivity index (χ2n) is 5.90. The lowest BCUT2D eigenvalue weighted by molar-refractivity contribution is -0.146. The number of benzene rings is 1. The average Bonchev–Trinajstić information content (AvgIpc) is 2.52. The number of rotatable bonds is 8. The van der Waals surface area contributed by atoms with E-state index in [1.807, 2.05) is 13.8 Å². The molecule has 0 aliphatic heterocycles. The number of hydrogen-bond donors (Lipinski definition) is 2. The zero-order valence-corrected chi connectivity index (χ0v) is 15.1. The number of methoxy groups -OCH3 is 2. The first-order valence-corrected chi connectivity index (χ1v) is 8.05. The largest absolute Gasteiger partial charge is 0.495 e. The zero-order valence-electron chi connectivity index (χ0n) is 14.3. The smallest absolute Gasteiger partial charge is 0.328 e. The second kappa shape index (κ2) is 9.49. The molecular formula is C17H24ClNO5. The van der Waals surface area contributed by atoms with Crippen LogP contribution in [0, 0.1) is 5.92 Å². The average molecular weight is 358 g/mol. The van der Waals surface area contributed by atoms with Crippen molar-refractivity contribution < 1.29 is 24.2 Å². The number of esters is 1. The molecule has 0 saturated carbocycles. The van der Waals surface area contributed by atoms with E-state index in [2.05, 4.69) is 5.32 Å². The number of ether oxygens (including phenoxy) is 2. The van der Waals surface area contributed by atoms with Gasteiger partial charge in [0, 0.05) is 6.42 Å². The minimum Gasteiger partial charge on any atom is -0.495 e. The van der Waals surface area contributed by atoms with Crippen LogP contribution in [0.15, 0.2) is 18.2 Å². The lowest BCUT2D eigenvalue weighted by Crippen LogP contribution is -2.47. The van der Waals surface area contributed by atoms with E-state index >= 15 is 0 Å². The highest BCUT2D eigenvalue weighted by Crippen LogP contribution is 2.25. The third-order valence-electron chi connectivity index (χ3n) is 3.46. The molecule has 134 valence electrons. The molecule has 0 radical (unpaired) electrons. The zero-order chi connectivity index (χ0) is 18.3. The molecule has 0 heterocycles. The van der Waals surface area contributed by atoms with Gasteiger partial charge >= 0.3 is 5.97 Å². The maximum atomic E-state index is 12.1. The van der Waals surface area contributed by atoms with Crippen molar-refractivity contribution in [2.24, 2.45) is 5.92 Å². The molecule has 2 N–H and O–H groups in total. The molecule has 24 heavy (non-hydrogen) atoms. The number of nitrogens with one attached hydrogen (secondary N) is 1. The van der Waals surface area contributed by atoms with Crippen LogP contribution in [0.25, 0.3) is 0 Å². The van der Waals surface area contributed by atoms with Crippen LogP contribution in [-0.2, 0) is 20.7 Å². The molecule has 1 rings (SSSR count). The van der Waals surface area contributed by atoms with Gasteiger partial charge in [-0.25, -0.2) is 4.79 Å². The fourth-order valence-corrected chi connectivity index (χ4v) is 2.51. The van der Waals surface area contributed by atoms with Crippen molar-refractivity contribution in [1.82, 2.24) is 5.32 Å². The third kappa shape index (κ3) is 6.02. The number of halogens is 1. The molecule has 0 bridgehead atoms. The van der Waals surface area contributed by atoms with E-state index in [4.69, 9.17) is 21.1 Å². The Morgan fingerprint density at radius 2 is 1.96 bits per heavy atom. The van der Waals surface area contributed by atoms with Crippen molar-refractivity contribution in [2.75, 3.05) is 14.2 Å². The topological polar surface area (TPSA) is 84.9 Å². The van der Waals surface area contributed by atoms with E-state index in [1.165, 1.54) is 14.2 Å². The molecule has 1 amide bonds. The van der Waals surface area contributed by atoms with Crippen molar-refractivity contribution in [3.05, 3.63) is 28.8 Å². The number of amides is 1. The summed E-state index contributed by atoms with van der Waals surface area (Å²) in [5, 5.41) is 12.8. The van der Waals surface area contributed by atoms with Gasteiger partial charge in [0.25, 0.3) is 0 Å². The summed E-state index contributed by atoms with van der Waals surface area (Å²) in [7, 11) is 2.75. The molecule has 1 aromatic carbocycles. The number of aliphatic hydroxyl groups excluding tert-OH is 1. The van der Waals surface area contributed by atoms with Gasteiger partial charge in [0.2, 0.25) is 5.91 Å². The minimum atomic E-state index is -1.17. The van der Waals surface area contributed by atoms with Crippen molar-refractivity contribution in [3.63, 3.8) is 0 Å². The lowest BCUT2D eigenvalue weighted by Gasteiger charge is -2.20. The van der Waals surface area contributed by atoms with Gasteiger partial charge in [0.05, 0.1) is 19.2 Å². The summed E-state index contributed by atoms with van der Waals surface area (Å²) in [5.74, 6) is -0.514. The van der Waals surface area contributed by atoms with Gasteiger partial charge in [0.1, 0.15) is 17.9 Å². The van der Waals surface area contributed by atoms with Crippen molar-refractivity contribution >= 4 is 23.5 Å². The maximum Gasteiger partial charge on any atom is 0.328 e. The summed E-state index contributed by atoms with van der Waals surface area (Å²) in [5.41, 5.74) is 0.731. The standard InChI is InChI=1S/C17H24ClNO5/c1-10(2)7-14(20)16(21)19-13(17(22)24-4)9-11-5-6-15(23-3)12(18)8-11/h5-6,8,10,13-14,20H,7,9H2,1-4H3,(H,19,21)/t13-,14-/m0/s1. The Hall–Kier alpha value is -1.79. The summed E-state index contributed by atoms with van der Waals surface area (Å²) >= 11 is 6.07. The Kier molecular flexibility index (Phi) is 8.01. The van der Waals surface area contributed by atoms with Crippen molar-refractivity contribution in [2.45, 2.75) is 38.8 Å². The molecule has 0 fully saturated rings. The van der Waals surface area contributed by atoms with Crippen molar-refractivity contribution in [3.8, 4) is 5.75 Å². The van der Waals surface area contributed by atoms with E-state index < -0.39 is 24.0 Å². The van der Waals surface area contributed by atoms with E-state index in [9.17, 15) is 14.7 Å². The summed E-state index contributed by atoms with van der Waals surface area (Å²) < 4.78 is 9.81. The van der Waals surface area contributed by atoms with E-state index in [-0.39, 0.29) is 12.3 Å². The molecule has 2 atom stereocenters. The molecule has 0 aliphatic carbocycles. The summed E-state index contributed by atoms with van der Waals surface area (Å²) in [4.78, 5) is 24.0. The SMILES string of the molecule is COC(=O)[C@H](Cc1ccc(OC)c(Cl)c1)NC(=O)[C@@H](O)CC(C)C. The number of hydrogen-bond acceptors (Lipinski definition) is 5. The lowest BCUT2D eigenvalue weighted by atomic mass is 10.0. The molecule has 7 heteroatoms. The van der Waals surface area contributed by atoms with Gasteiger partial charge in [-0.2, -0.15) is 0 Å². The predicted molar refractivity (Wildman–Crippen MR) is 91.1 cm³/mol. The summed E-state index contributed by atoms with van der Waals surface area (Å²) in [6.45, 7) is 3.79. The number of aliphatic hydroxyl groups is 1. The third-order valence-corrected chi connectivity index (χ3v) is 3.75. The fraction of sp³-hybridized carbons (Fsp3) is 0.529. The van der Waals surface area contributed by atoms with Crippen LogP contribution in [-0.4, -0.2) is 43.3 Å². The maximum absolute atomic E-state index is 12.1. The Bertz CT molecular complexity index is 576. The molecular weight excluding hydrogens is 334 g/mol. The second-order valence-corrected chi connectivity index (χ2v) is 6.31. The normalized spacial score (nSPS) is 13.3. The monoisotopic (exact) mass is 357 g/mol. The number of carbonyl (C=O) groups is 2. The molecule has 0 saturated heterocycles. The fourth-order valence-electron chi connectivity index (χ4n) is 2.23. The first kappa shape index (κ1) is 20.3. The highest BCUT2D eigenvalue weighted by atomic mass is 35.5. The van der Waals surface area contributed by atoms with Gasteiger partial charge in [-0.05, 0) is 30.0 Å². The van der Waals surface area contributed by atoms with Crippen LogP contribution in [0.1, 0.15) is 25.8 Å². The highest BCUT2D eigenvalue weighted by Gasteiger charge is 2.26. The van der Waals surface area contributed by atoms with Crippen LogP contribution in [0.4, 0.5) is 0 Å². The predicted octanol–water partition coefficient (Wildman–Crippen LogP) is 1.96. The summed E-state index contributed by atoms with van der Waals surface area (Å²) in [6, 6.07) is 4.18. The Morgan fingerprint density at radius 1 is 1.29 bits per heavy atom. The summed E-state index contributed by atoms with van der Waals surface area (Å²) in [6.07, 6.45) is -0.665. The number of carbonyl (C=O) groups excluding carboxylic acids is 2. The Labute approximate surface area is 147 Å². The van der Waals surface area contributed by atoms with Crippen LogP contribution in [0.2, 0.25) is 5.02 Å². The Balaban J connectivity index is 2.84. The van der Waals surface area contributed by atoms with E-state index in [0.717, 1.165) is 5.56 Å². The minimum absolute atomic E-state index is 0.155. The van der Waals surface area contributed by atoms with E-state index in [0.29, 0.717) is 17.2 Å². The molecule has 6 nitrogen and oxygen atoms in total. The quantitative estimate of drug-likeness (QED) is 0.695. The molecule has 0 spiro atoms. The van der Waals surface area contributed by atoms with Gasteiger partial charge in [0.15, 0.2) is 0 Å². The Morgan fingerprint density at radius 3 is 2.46 bits per heavy atom. The van der Waals surface area contributed by atoms with Crippen LogP contribution in [0.3, 0.4) is 0 Å².